The Morgan fingerprint density at radius 3 is 2.63 bits per heavy atom. The molecule has 1 atom stereocenters. The molecule has 0 aliphatic carbocycles. The fourth-order valence-corrected chi connectivity index (χ4v) is 1.90. The molecule has 1 heterocycles. The second kappa shape index (κ2) is 6.14. The van der Waals surface area contributed by atoms with Gasteiger partial charge in [-0.1, -0.05) is 37.3 Å². The van der Waals surface area contributed by atoms with Crippen LogP contribution in [0.1, 0.15) is 41.1 Å². The van der Waals surface area contributed by atoms with Gasteiger partial charge in [0.1, 0.15) is 17.8 Å². The van der Waals surface area contributed by atoms with Gasteiger partial charge in [-0.2, -0.15) is 0 Å². The highest BCUT2D eigenvalue weighted by atomic mass is 16.3. The third-order valence-corrected chi connectivity index (χ3v) is 3.05. The van der Waals surface area contributed by atoms with Gasteiger partial charge in [-0.25, -0.2) is 0 Å². The number of ketones is 1. The first-order chi connectivity index (χ1) is 9.20. The lowest BCUT2D eigenvalue weighted by atomic mass is 10.1. The number of aldehydes is 1. The molecule has 98 valence electrons. The zero-order chi connectivity index (χ0) is 13.7. The van der Waals surface area contributed by atoms with Crippen LogP contribution in [0.3, 0.4) is 0 Å². The highest BCUT2D eigenvalue weighted by Gasteiger charge is 2.13. The van der Waals surface area contributed by atoms with Crippen molar-refractivity contribution >= 4 is 12.1 Å². The number of carbonyl (C=O) groups is 2. The summed E-state index contributed by atoms with van der Waals surface area (Å²) in [7, 11) is 0. The molecule has 2 rings (SSSR count). The van der Waals surface area contributed by atoms with E-state index < -0.39 is 0 Å². The van der Waals surface area contributed by atoms with Crippen LogP contribution in [-0.2, 0) is 11.2 Å². The van der Waals surface area contributed by atoms with Crippen LogP contribution in [0.15, 0.2) is 46.9 Å². The smallest absolute Gasteiger partial charge is 0.170 e. The lowest BCUT2D eigenvalue weighted by Gasteiger charge is -2.03. The van der Waals surface area contributed by atoms with Gasteiger partial charge in [-0.05, 0) is 12.1 Å². The van der Waals surface area contributed by atoms with Crippen LogP contribution in [0.2, 0.25) is 0 Å². The Hall–Kier alpha value is -2.16. The number of furan rings is 1. The van der Waals surface area contributed by atoms with E-state index in [1.807, 2.05) is 31.2 Å². The van der Waals surface area contributed by atoms with Crippen molar-refractivity contribution in [2.45, 2.75) is 25.7 Å². The van der Waals surface area contributed by atoms with E-state index in [0.717, 1.165) is 12.0 Å². The molecule has 0 bridgehead atoms. The maximum atomic E-state index is 12.0. The third kappa shape index (κ3) is 3.41. The highest BCUT2D eigenvalue weighted by Crippen LogP contribution is 2.21. The van der Waals surface area contributed by atoms with Crippen molar-refractivity contribution in [2.24, 2.45) is 0 Å². The number of carbonyl (C=O) groups excluding carboxylic acids is 2. The third-order valence-electron chi connectivity index (χ3n) is 3.05. The lowest BCUT2D eigenvalue weighted by molar-refractivity contribution is -0.108. The minimum Gasteiger partial charge on any atom is -0.465 e. The van der Waals surface area contributed by atoms with Gasteiger partial charge >= 0.3 is 0 Å². The summed E-state index contributed by atoms with van der Waals surface area (Å²) >= 11 is 0. The van der Waals surface area contributed by atoms with Crippen molar-refractivity contribution in [2.75, 3.05) is 0 Å². The predicted octanol–water partition coefficient (Wildman–Crippen LogP) is 3.40. The summed E-state index contributed by atoms with van der Waals surface area (Å²) in [6.07, 6.45) is 1.55. The molecule has 3 nitrogen and oxygen atoms in total. The Bertz CT molecular complexity index is 554. The van der Waals surface area contributed by atoms with Crippen LogP contribution in [0, 0.1) is 0 Å². The van der Waals surface area contributed by atoms with E-state index in [1.165, 1.54) is 0 Å². The molecule has 19 heavy (non-hydrogen) atoms. The van der Waals surface area contributed by atoms with Crippen molar-refractivity contribution in [1.29, 1.82) is 0 Å². The van der Waals surface area contributed by atoms with Gasteiger partial charge in [-0.3, -0.25) is 4.79 Å². The molecule has 0 saturated heterocycles. The molecule has 0 radical (unpaired) electrons. The van der Waals surface area contributed by atoms with Crippen molar-refractivity contribution < 1.29 is 14.0 Å². The van der Waals surface area contributed by atoms with Gasteiger partial charge < -0.3 is 9.21 Å². The number of Topliss-reactive ketones (excluding diaryl/α,β-unsaturated/α-hetero) is 1. The van der Waals surface area contributed by atoms with Gasteiger partial charge in [0, 0.05) is 17.9 Å². The Labute approximate surface area is 112 Å². The Balaban J connectivity index is 2.04. The Morgan fingerprint density at radius 1 is 1.21 bits per heavy atom. The molecule has 1 aromatic carbocycles. The summed E-state index contributed by atoms with van der Waals surface area (Å²) in [5.74, 6) is 1.48. The average Bonchev–Trinajstić information content (AvgIpc) is 2.88. The van der Waals surface area contributed by atoms with E-state index in [0.29, 0.717) is 17.7 Å². The first kappa shape index (κ1) is 13.3. The molecule has 0 aliphatic heterocycles. The summed E-state index contributed by atoms with van der Waals surface area (Å²) in [6.45, 7) is 1.93. The van der Waals surface area contributed by atoms with Crippen LogP contribution in [-0.4, -0.2) is 12.1 Å². The minimum absolute atomic E-state index is 0.0320. The molecule has 0 spiro atoms. The molecule has 0 saturated carbocycles. The molecular formula is C16H16O3. The van der Waals surface area contributed by atoms with Crippen LogP contribution >= 0.6 is 0 Å². The predicted molar refractivity (Wildman–Crippen MR) is 72.3 cm³/mol. The average molecular weight is 256 g/mol. The van der Waals surface area contributed by atoms with Crippen LogP contribution in [0.5, 0.6) is 0 Å². The summed E-state index contributed by atoms with van der Waals surface area (Å²) in [6, 6.07) is 12.8. The van der Waals surface area contributed by atoms with E-state index in [-0.39, 0.29) is 18.1 Å². The van der Waals surface area contributed by atoms with Crippen molar-refractivity contribution in [1.82, 2.24) is 0 Å². The number of hydrogen-bond acceptors (Lipinski definition) is 3. The van der Waals surface area contributed by atoms with Crippen LogP contribution < -0.4 is 0 Å². The van der Waals surface area contributed by atoms with E-state index in [9.17, 15) is 9.59 Å². The van der Waals surface area contributed by atoms with Gasteiger partial charge in [0.05, 0.1) is 6.42 Å². The number of rotatable bonds is 6. The molecule has 0 aliphatic rings. The molecule has 2 aromatic rings. The molecule has 0 unspecified atom stereocenters. The second-order valence-electron chi connectivity index (χ2n) is 4.57. The van der Waals surface area contributed by atoms with Crippen molar-refractivity contribution in [3.8, 4) is 0 Å². The van der Waals surface area contributed by atoms with Gasteiger partial charge in [0.2, 0.25) is 0 Å². The summed E-state index contributed by atoms with van der Waals surface area (Å²) in [5, 5.41) is 0. The summed E-state index contributed by atoms with van der Waals surface area (Å²) in [4.78, 5) is 22.5. The molecule has 0 fully saturated rings. The first-order valence-corrected chi connectivity index (χ1v) is 6.31. The maximum Gasteiger partial charge on any atom is 0.170 e. The quantitative estimate of drug-likeness (QED) is 0.588. The van der Waals surface area contributed by atoms with Gasteiger partial charge in [0.25, 0.3) is 0 Å². The largest absolute Gasteiger partial charge is 0.465 e. The van der Waals surface area contributed by atoms with Crippen LogP contribution in [0.25, 0.3) is 0 Å². The lowest BCUT2D eigenvalue weighted by Crippen LogP contribution is -2.02. The Kier molecular flexibility index (Phi) is 4.29. The standard InChI is InChI=1S/C16H16O3/c1-12(9-10-17)16-8-7-14(19-16)11-15(18)13-5-3-2-4-6-13/h2-8,10,12H,9,11H2,1H3/t12-/m1/s1. The number of hydrogen-bond donors (Lipinski definition) is 0. The molecule has 3 heteroatoms. The highest BCUT2D eigenvalue weighted by molar-refractivity contribution is 5.97. The van der Waals surface area contributed by atoms with Gasteiger partial charge in [-0.15, -0.1) is 0 Å². The second-order valence-corrected chi connectivity index (χ2v) is 4.57. The van der Waals surface area contributed by atoms with E-state index in [1.54, 1.807) is 18.2 Å². The zero-order valence-electron chi connectivity index (χ0n) is 10.8. The molecular weight excluding hydrogens is 240 g/mol. The minimum atomic E-state index is 0.0320. The van der Waals surface area contributed by atoms with Crippen LogP contribution in [0.4, 0.5) is 0 Å². The topological polar surface area (TPSA) is 47.3 Å². The zero-order valence-corrected chi connectivity index (χ0v) is 10.8. The van der Waals surface area contributed by atoms with Crippen molar-refractivity contribution in [3.05, 3.63) is 59.5 Å². The monoisotopic (exact) mass is 256 g/mol. The molecule has 1 aromatic heterocycles. The normalized spacial score (nSPS) is 12.1. The summed E-state index contributed by atoms with van der Waals surface area (Å²) in [5.41, 5.74) is 0.682. The maximum absolute atomic E-state index is 12.0. The van der Waals surface area contributed by atoms with E-state index in [4.69, 9.17) is 4.42 Å². The fourth-order valence-electron chi connectivity index (χ4n) is 1.90. The SMILES string of the molecule is C[C@H](CC=O)c1ccc(CC(=O)c2ccccc2)o1. The Morgan fingerprint density at radius 2 is 1.95 bits per heavy atom. The first-order valence-electron chi connectivity index (χ1n) is 6.31. The van der Waals surface area contributed by atoms with E-state index in [2.05, 4.69) is 0 Å². The van der Waals surface area contributed by atoms with Gasteiger partial charge in [0.15, 0.2) is 5.78 Å². The van der Waals surface area contributed by atoms with Crippen molar-refractivity contribution in [3.63, 3.8) is 0 Å². The number of benzene rings is 1. The molecule has 0 amide bonds. The summed E-state index contributed by atoms with van der Waals surface area (Å²) < 4.78 is 5.61. The van der Waals surface area contributed by atoms with E-state index >= 15 is 0 Å². The molecule has 0 N–H and O–H groups in total. The fraction of sp³-hybridized carbons (Fsp3) is 0.250.